The lowest BCUT2D eigenvalue weighted by atomic mass is 9.95. The zero-order valence-electron chi connectivity index (χ0n) is 11.1. The summed E-state index contributed by atoms with van der Waals surface area (Å²) in [5, 5.41) is 3.59. The van der Waals surface area contributed by atoms with Crippen molar-refractivity contribution < 1.29 is 4.74 Å². The lowest BCUT2D eigenvalue weighted by Gasteiger charge is -2.22. The van der Waals surface area contributed by atoms with Crippen LogP contribution in [0.3, 0.4) is 0 Å². The summed E-state index contributed by atoms with van der Waals surface area (Å²) in [4.78, 5) is 12.4. The fraction of sp³-hybridized carbons (Fsp3) is 0.769. The predicted molar refractivity (Wildman–Crippen MR) is 73.5 cm³/mol. The van der Waals surface area contributed by atoms with Crippen molar-refractivity contribution in [1.82, 2.24) is 15.0 Å². The molecule has 0 spiro atoms. The first-order valence-corrected chi connectivity index (χ1v) is 7.43. The number of hydrogen-bond donors (Lipinski definition) is 1. The molecule has 0 aromatic carbocycles. The van der Waals surface area contributed by atoms with Crippen molar-refractivity contribution in [3.05, 3.63) is 5.28 Å². The molecule has 0 radical (unpaired) electrons. The van der Waals surface area contributed by atoms with Crippen LogP contribution in [0.15, 0.2) is 0 Å². The van der Waals surface area contributed by atoms with Crippen molar-refractivity contribution in [2.75, 3.05) is 11.9 Å². The molecule has 3 atom stereocenters. The van der Waals surface area contributed by atoms with E-state index in [4.69, 9.17) is 16.3 Å². The first kappa shape index (κ1) is 12.9. The molecular formula is C13H19ClN4O. The van der Waals surface area contributed by atoms with E-state index in [0.717, 1.165) is 18.3 Å². The molecule has 19 heavy (non-hydrogen) atoms. The lowest BCUT2D eigenvalue weighted by molar-refractivity contribution is 0.291. The minimum atomic E-state index is 0.187. The van der Waals surface area contributed by atoms with Crippen molar-refractivity contribution >= 4 is 17.5 Å². The average molecular weight is 283 g/mol. The van der Waals surface area contributed by atoms with Crippen LogP contribution in [0.2, 0.25) is 5.28 Å². The van der Waals surface area contributed by atoms with Crippen LogP contribution in [0.25, 0.3) is 0 Å². The summed E-state index contributed by atoms with van der Waals surface area (Å²) < 4.78 is 5.42. The Morgan fingerprint density at radius 3 is 2.84 bits per heavy atom. The summed E-state index contributed by atoms with van der Waals surface area (Å²) in [5.74, 6) is 2.19. The Labute approximate surface area is 118 Å². The van der Waals surface area contributed by atoms with Crippen molar-refractivity contribution in [2.45, 2.75) is 45.1 Å². The molecule has 2 fully saturated rings. The second-order valence-electron chi connectivity index (χ2n) is 5.48. The first-order chi connectivity index (χ1) is 9.24. The Balaban J connectivity index is 1.68. The van der Waals surface area contributed by atoms with Crippen molar-refractivity contribution in [3.63, 3.8) is 0 Å². The minimum Gasteiger partial charge on any atom is -0.463 e. The molecule has 1 aromatic heterocycles. The smallest absolute Gasteiger partial charge is 0.322 e. The Bertz CT molecular complexity index is 456. The molecule has 1 aromatic rings. The maximum absolute atomic E-state index is 5.91. The number of nitrogens with one attached hydrogen (secondary N) is 1. The second-order valence-corrected chi connectivity index (χ2v) is 5.82. The molecular weight excluding hydrogens is 264 g/mol. The second kappa shape index (κ2) is 5.49. The van der Waals surface area contributed by atoms with Gasteiger partial charge in [0.25, 0.3) is 0 Å². The molecule has 0 aliphatic heterocycles. The van der Waals surface area contributed by atoms with E-state index < -0.39 is 0 Å². The van der Waals surface area contributed by atoms with E-state index in [9.17, 15) is 0 Å². The van der Waals surface area contributed by atoms with Gasteiger partial charge in [0.2, 0.25) is 11.2 Å². The molecule has 5 nitrogen and oxygen atoms in total. The van der Waals surface area contributed by atoms with Crippen molar-refractivity contribution in [3.8, 4) is 6.01 Å². The molecule has 2 saturated carbocycles. The third kappa shape index (κ3) is 2.91. The van der Waals surface area contributed by atoms with Crippen LogP contribution in [0, 0.1) is 11.8 Å². The predicted octanol–water partition coefficient (Wildman–Crippen LogP) is 2.91. The molecule has 2 aliphatic rings. The van der Waals surface area contributed by atoms with Gasteiger partial charge in [-0.3, -0.25) is 0 Å². The summed E-state index contributed by atoms with van der Waals surface area (Å²) >= 11 is 5.91. The minimum absolute atomic E-state index is 0.187. The van der Waals surface area contributed by atoms with Gasteiger partial charge in [-0.15, -0.1) is 0 Å². The fourth-order valence-corrected chi connectivity index (χ4v) is 3.39. The van der Waals surface area contributed by atoms with Gasteiger partial charge in [0.05, 0.1) is 6.61 Å². The maximum atomic E-state index is 5.91. The topological polar surface area (TPSA) is 59.9 Å². The number of aromatic nitrogens is 3. The van der Waals surface area contributed by atoms with E-state index in [-0.39, 0.29) is 5.28 Å². The summed E-state index contributed by atoms with van der Waals surface area (Å²) in [5.41, 5.74) is 0. The van der Waals surface area contributed by atoms with E-state index in [1.807, 2.05) is 6.92 Å². The van der Waals surface area contributed by atoms with Crippen LogP contribution in [0.4, 0.5) is 5.95 Å². The quantitative estimate of drug-likeness (QED) is 0.900. The molecule has 104 valence electrons. The number of hydrogen-bond acceptors (Lipinski definition) is 5. The molecule has 3 rings (SSSR count). The van der Waals surface area contributed by atoms with Crippen LogP contribution in [0.5, 0.6) is 6.01 Å². The Morgan fingerprint density at radius 1 is 1.26 bits per heavy atom. The highest BCUT2D eigenvalue weighted by Gasteiger charge is 2.39. The summed E-state index contributed by atoms with van der Waals surface area (Å²) in [7, 11) is 0. The highest BCUT2D eigenvalue weighted by molar-refractivity contribution is 6.28. The average Bonchev–Trinajstić information content (AvgIpc) is 2.98. The van der Waals surface area contributed by atoms with Gasteiger partial charge in [-0.25, -0.2) is 0 Å². The number of halogens is 1. The van der Waals surface area contributed by atoms with Gasteiger partial charge >= 0.3 is 6.01 Å². The normalized spacial score (nSPS) is 28.6. The van der Waals surface area contributed by atoms with Crippen molar-refractivity contribution in [1.29, 1.82) is 0 Å². The Morgan fingerprint density at radius 2 is 2.16 bits per heavy atom. The number of nitrogens with zero attached hydrogens (tertiary/aromatic N) is 3. The zero-order chi connectivity index (χ0) is 13.2. The molecule has 2 bridgehead atoms. The van der Waals surface area contributed by atoms with E-state index in [0.29, 0.717) is 24.6 Å². The van der Waals surface area contributed by atoms with Crippen LogP contribution >= 0.6 is 11.6 Å². The standard InChI is InChI=1S/C13H19ClN4O/c1-2-5-19-13-17-11(14)16-12(18-13)15-10-7-8-3-4-9(10)6-8/h8-10H,2-7H2,1H3,(H,15,16,17,18). The van der Waals surface area contributed by atoms with Gasteiger partial charge in [0.15, 0.2) is 0 Å². The van der Waals surface area contributed by atoms with Gasteiger partial charge in [-0.1, -0.05) is 13.3 Å². The first-order valence-electron chi connectivity index (χ1n) is 7.05. The van der Waals surface area contributed by atoms with Gasteiger partial charge in [-0.2, -0.15) is 15.0 Å². The highest BCUT2D eigenvalue weighted by atomic mass is 35.5. The van der Waals surface area contributed by atoms with Gasteiger partial charge < -0.3 is 10.1 Å². The van der Waals surface area contributed by atoms with E-state index >= 15 is 0 Å². The van der Waals surface area contributed by atoms with Crippen LogP contribution in [-0.4, -0.2) is 27.6 Å². The van der Waals surface area contributed by atoms with Gasteiger partial charge in [0, 0.05) is 6.04 Å². The van der Waals surface area contributed by atoms with Gasteiger partial charge in [-0.05, 0) is 49.1 Å². The summed E-state index contributed by atoms with van der Waals surface area (Å²) in [6.45, 7) is 2.63. The Kier molecular flexibility index (Phi) is 3.73. The van der Waals surface area contributed by atoms with Gasteiger partial charge in [0.1, 0.15) is 0 Å². The number of fused-ring (bicyclic) bond motifs is 2. The number of anilines is 1. The fourth-order valence-electron chi connectivity index (χ4n) is 3.24. The van der Waals surface area contributed by atoms with E-state index in [2.05, 4.69) is 20.3 Å². The van der Waals surface area contributed by atoms with Crippen molar-refractivity contribution in [2.24, 2.45) is 11.8 Å². The van der Waals surface area contributed by atoms with E-state index in [1.54, 1.807) is 0 Å². The highest BCUT2D eigenvalue weighted by Crippen LogP contribution is 2.45. The van der Waals surface area contributed by atoms with E-state index in [1.165, 1.54) is 25.7 Å². The molecule has 0 amide bonds. The molecule has 1 heterocycles. The number of ether oxygens (including phenoxy) is 1. The Hall–Kier alpha value is -1.10. The summed E-state index contributed by atoms with van der Waals surface area (Å²) in [6, 6.07) is 0.795. The SMILES string of the molecule is CCCOc1nc(Cl)nc(NC2CC3CCC2C3)n1. The largest absolute Gasteiger partial charge is 0.463 e. The molecule has 0 saturated heterocycles. The molecule has 6 heteroatoms. The third-order valence-electron chi connectivity index (χ3n) is 4.08. The monoisotopic (exact) mass is 282 g/mol. The molecule has 3 unspecified atom stereocenters. The van der Waals surface area contributed by atoms with Crippen LogP contribution < -0.4 is 10.1 Å². The zero-order valence-corrected chi connectivity index (χ0v) is 11.9. The maximum Gasteiger partial charge on any atom is 0.322 e. The number of rotatable bonds is 5. The van der Waals surface area contributed by atoms with Crippen LogP contribution in [0.1, 0.15) is 39.0 Å². The molecule has 1 N–H and O–H groups in total. The third-order valence-corrected chi connectivity index (χ3v) is 4.24. The lowest BCUT2D eigenvalue weighted by Crippen LogP contribution is -2.27. The summed E-state index contributed by atoms with van der Waals surface area (Å²) in [6.07, 6.45) is 6.18. The van der Waals surface area contributed by atoms with Crippen LogP contribution in [-0.2, 0) is 0 Å². The molecule has 2 aliphatic carbocycles.